The van der Waals surface area contributed by atoms with Crippen molar-refractivity contribution in [3.63, 3.8) is 0 Å². The van der Waals surface area contributed by atoms with Crippen LogP contribution in [0.4, 0.5) is 5.82 Å². The van der Waals surface area contributed by atoms with Gasteiger partial charge in [-0.1, -0.05) is 60.7 Å². The summed E-state index contributed by atoms with van der Waals surface area (Å²) in [5, 5.41) is 3.63. The number of rotatable bonds is 6. The van der Waals surface area contributed by atoms with Gasteiger partial charge in [0.05, 0.1) is 12.6 Å². The second-order valence-corrected chi connectivity index (χ2v) is 7.83. The van der Waals surface area contributed by atoms with E-state index >= 15 is 0 Å². The Morgan fingerprint density at radius 2 is 1.69 bits per heavy atom. The minimum Gasteiger partial charge on any atom is -0.362 e. The molecule has 148 valence electrons. The lowest BCUT2D eigenvalue weighted by atomic mass is 9.98. The number of halogens is 1. The van der Waals surface area contributed by atoms with Crippen molar-refractivity contribution in [1.82, 2.24) is 14.9 Å². The molecule has 2 aromatic carbocycles. The predicted molar refractivity (Wildman–Crippen MR) is 115 cm³/mol. The van der Waals surface area contributed by atoms with E-state index < -0.39 is 0 Å². The number of hydrogen-bond acceptors (Lipinski definition) is 4. The quantitative estimate of drug-likeness (QED) is 0.592. The van der Waals surface area contributed by atoms with Crippen LogP contribution < -0.4 is 5.32 Å². The van der Waals surface area contributed by atoms with Gasteiger partial charge in [-0.2, -0.15) is 0 Å². The Morgan fingerprint density at radius 3 is 2.34 bits per heavy atom. The maximum absolute atomic E-state index is 12.7. The molecule has 1 aliphatic heterocycles. The summed E-state index contributed by atoms with van der Waals surface area (Å²) < 4.78 is 0. The molecule has 0 aliphatic carbocycles. The van der Waals surface area contributed by atoms with E-state index in [4.69, 9.17) is 11.6 Å². The third kappa shape index (κ3) is 4.10. The first kappa shape index (κ1) is 19.4. The Labute approximate surface area is 175 Å². The Hall–Kier alpha value is -2.92. The summed E-state index contributed by atoms with van der Waals surface area (Å²) in [4.78, 5) is 23.2. The van der Waals surface area contributed by atoms with Crippen LogP contribution in [0.2, 0.25) is 5.28 Å². The molecule has 0 fully saturated rings. The minimum atomic E-state index is -0.0957. The van der Waals surface area contributed by atoms with Crippen LogP contribution in [0, 0.1) is 0 Å². The van der Waals surface area contributed by atoms with Crippen LogP contribution in [-0.2, 0) is 13.0 Å². The summed E-state index contributed by atoms with van der Waals surface area (Å²) in [5.41, 5.74) is 3.56. The molecule has 6 heteroatoms. The van der Waals surface area contributed by atoms with Crippen molar-refractivity contribution in [2.45, 2.75) is 38.9 Å². The topological polar surface area (TPSA) is 58.1 Å². The van der Waals surface area contributed by atoms with Crippen LogP contribution in [0.1, 0.15) is 47.1 Å². The second kappa shape index (κ2) is 8.21. The number of carbonyl (C=O) groups is 1. The van der Waals surface area contributed by atoms with E-state index in [1.54, 1.807) is 4.90 Å². The number of carbonyl (C=O) groups excluding carboxylic acids is 1. The smallest absolute Gasteiger partial charge is 0.273 e. The molecule has 1 unspecified atom stereocenters. The number of nitrogens with zero attached hydrogens (tertiary/aromatic N) is 3. The van der Waals surface area contributed by atoms with E-state index in [9.17, 15) is 4.79 Å². The number of hydrogen-bond donors (Lipinski definition) is 1. The molecule has 1 amide bonds. The molecule has 2 heterocycles. The van der Waals surface area contributed by atoms with Crippen LogP contribution in [-0.4, -0.2) is 26.8 Å². The molecule has 0 radical (unpaired) electrons. The van der Waals surface area contributed by atoms with Crippen LogP contribution in [0.3, 0.4) is 0 Å². The maximum Gasteiger partial charge on any atom is 0.273 e. The largest absolute Gasteiger partial charge is 0.362 e. The van der Waals surface area contributed by atoms with Gasteiger partial charge in [-0.15, -0.1) is 0 Å². The molecule has 1 atom stereocenters. The lowest BCUT2D eigenvalue weighted by Crippen LogP contribution is -2.31. The van der Waals surface area contributed by atoms with Crippen molar-refractivity contribution in [1.29, 1.82) is 0 Å². The first-order valence-corrected chi connectivity index (χ1v) is 10.1. The molecule has 29 heavy (non-hydrogen) atoms. The minimum absolute atomic E-state index is 0.0168. The van der Waals surface area contributed by atoms with Crippen LogP contribution in [0.15, 0.2) is 60.7 Å². The third-order valence-electron chi connectivity index (χ3n) is 5.19. The van der Waals surface area contributed by atoms with Crippen molar-refractivity contribution in [2.75, 3.05) is 5.32 Å². The molecule has 1 aliphatic rings. The highest BCUT2D eigenvalue weighted by Gasteiger charge is 2.34. The van der Waals surface area contributed by atoms with Crippen molar-refractivity contribution in [3.05, 3.63) is 88.3 Å². The van der Waals surface area contributed by atoms with Gasteiger partial charge in [0, 0.05) is 11.6 Å². The fourth-order valence-corrected chi connectivity index (χ4v) is 3.82. The van der Waals surface area contributed by atoms with Gasteiger partial charge >= 0.3 is 0 Å². The number of amides is 1. The monoisotopic (exact) mass is 406 g/mol. The zero-order valence-electron chi connectivity index (χ0n) is 16.5. The number of benzene rings is 2. The predicted octanol–water partition coefficient (Wildman–Crippen LogP) is 4.89. The van der Waals surface area contributed by atoms with Crippen molar-refractivity contribution < 1.29 is 4.79 Å². The van der Waals surface area contributed by atoms with Crippen LogP contribution in [0.5, 0.6) is 0 Å². The molecular weight excluding hydrogens is 384 g/mol. The molecule has 0 saturated heterocycles. The zero-order valence-corrected chi connectivity index (χ0v) is 17.2. The van der Waals surface area contributed by atoms with E-state index in [1.165, 1.54) is 5.56 Å². The number of aromatic nitrogens is 2. The summed E-state index contributed by atoms with van der Waals surface area (Å²) in [7, 11) is 0. The highest BCUT2D eigenvalue weighted by atomic mass is 35.5. The van der Waals surface area contributed by atoms with Gasteiger partial charge in [-0.25, -0.2) is 9.97 Å². The maximum atomic E-state index is 12.7. The first-order chi connectivity index (χ1) is 14.0. The average molecular weight is 407 g/mol. The van der Waals surface area contributed by atoms with Gasteiger partial charge in [0.2, 0.25) is 5.28 Å². The van der Waals surface area contributed by atoms with Gasteiger partial charge in [0.25, 0.3) is 5.91 Å². The van der Waals surface area contributed by atoms with Gasteiger partial charge < -0.3 is 10.2 Å². The number of anilines is 1. The third-order valence-corrected chi connectivity index (χ3v) is 5.36. The molecule has 0 saturated carbocycles. The molecule has 1 aromatic heterocycles. The summed E-state index contributed by atoms with van der Waals surface area (Å²) in [6.07, 6.45) is 0.781. The van der Waals surface area contributed by atoms with Crippen LogP contribution >= 0.6 is 11.6 Å². The van der Waals surface area contributed by atoms with Crippen LogP contribution in [0.25, 0.3) is 0 Å². The van der Waals surface area contributed by atoms with Gasteiger partial charge in [0.1, 0.15) is 11.5 Å². The Balaban J connectivity index is 1.70. The van der Waals surface area contributed by atoms with E-state index in [-0.39, 0.29) is 23.3 Å². The normalized spacial score (nSPS) is 14.2. The van der Waals surface area contributed by atoms with Gasteiger partial charge in [-0.3, -0.25) is 4.79 Å². The van der Waals surface area contributed by atoms with E-state index in [0.717, 1.165) is 17.5 Å². The van der Waals surface area contributed by atoms with Crippen molar-refractivity contribution in [2.24, 2.45) is 0 Å². The van der Waals surface area contributed by atoms with Crippen molar-refractivity contribution >= 4 is 23.3 Å². The standard InChI is InChI=1S/C23H23ClN4O/c1-15(2)28-14-18-20(22(28)29)26-23(24)27-21(18)25-19(17-11-7-4-8-12-17)13-16-9-5-3-6-10-16/h3-12,15,19H,13-14H2,1-2H3,(H,25,26,27). The number of nitrogens with one attached hydrogen (secondary N) is 1. The molecule has 4 rings (SSSR count). The summed E-state index contributed by atoms with van der Waals surface area (Å²) in [6, 6.07) is 20.6. The summed E-state index contributed by atoms with van der Waals surface area (Å²) in [5.74, 6) is 0.531. The Morgan fingerprint density at radius 1 is 1.03 bits per heavy atom. The molecule has 1 N–H and O–H groups in total. The van der Waals surface area contributed by atoms with E-state index in [2.05, 4.69) is 39.6 Å². The second-order valence-electron chi connectivity index (χ2n) is 7.49. The average Bonchev–Trinajstić information content (AvgIpc) is 3.06. The molecular formula is C23H23ClN4O. The molecule has 0 bridgehead atoms. The van der Waals surface area contributed by atoms with Crippen molar-refractivity contribution in [3.8, 4) is 0 Å². The van der Waals surface area contributed by atoms with Gasteiger partial charge in [0.15, 0.2) is 0 Å². The fraction of sp³-hybridized carbons (Fsp3) is 0.261. The number of fused-ring (bicyclic) bond motifs is 1. The SMILES string of the molecule is CC(C)N1Cc2c(NC(Cc3ccccc3)c3ccccc3)nc(Cl)nc2C1=O. The van der Waals surface area contributed by atoms with E-state index in [0.29, 0.717) is 18.1 Å². The molecule has 3 aromatic rings. The lowest BCUT2D eigenvalue weighted by Gasteiger charge is -2.22. The van der Waals surface area contributed by atoms with Gasteiger partial charge in [-0.05, 0) is 43.0 Å². The molecule has 0 spiro atoms. The summed E-state index contributed by atoms with van der Waals surface area (Å²) in [6.45, 7) is 4.47. The Kier molecular flexibility index (Phi) is 5.49. The lowest BCUT2D eigenvalue weighted by molar-refractivity contribution is 0.0726. The highest BCUT2D eigenvalue weighted by Crippen LogP contribution is 2.32. The zero-order chi connectivity index (χ0) is 20.4. The molecule has 5 nitrogen and oxygen atoms in total. The summed E-state index contributed by atoms with van der Waals surface area (Å²) >= 11 is 6.18. The Bertz CT molecular complexity index is 1010. The van der Waals surface area contributed by atoms with E-state index in [1.807, 2.05) is 50.2 Å². The fourth-order valence-electron chi connectivity index (χ4n) is 3.65. The first-order valence-electron chi connectivity index (χ1n) is 9.75. The highest BCUT2D eigenvalue weighted by molar-refractivity contribution is 6.28.